The average Bonchev–Trinajstić information content (AvgIpc) is 2.97. The Morgan fingerprint density at radius 2 is 1.75 bits per heavy atom. The lowest BCUT2D eigenvalue weighted by Gasteiger charge is -2.13. The fraction of sp³-hybridized carbons (Fsp3) is 0.364. The van der Waals surface area contributed by atoms with E-state index in [2.05, 4.69) is 84.5 Å². The van der Waals surface area contributed by atoms with Gasteiger partial charge in [-0.15, -0.1) is 0 Å². The second kappa shape index (κ2) is 8.16. The molecule has 126 valence electrons. The zero-order valence-electron chi connectivity index (χ0n) is 14.8. The molecule has 2 aromatic carbocycles. The highest BCUT2D eigenvalue weighted by Gasteiger charge is 2.09. The summed E-state index contributed by atoms with van der Waals surface area (Å²) in [4.78, 5) is 0. The standard InChI is InChI=1S/C22H28N2/c1-3-15-24-17-20(21-11-7-8-12-22(21)24)16-23-18(2)13-14-19-9-5-4-6-10-19/h4-12,17-18,23H,3,13-16H2,1-2H3/t18-/m0/s1. The minimum absolute atomic E-state index is 0.512. The van der Waals surface area contributed by atoms with Crippen LogP contribution in [0.5, 0.6) is 0 Å². The molecule has 0 aliphatic carbocycles. The zero-order chi connectivity index (χ0) is 16.8. The summed E-state index contributed by atoms with van der Waals surface area (Å²) in [5.41, 5.74) is 4.18. The van der Waals surface area contributed by atoms with Crippen LogP contribution in [0.4, 0.5) is 0 Å². The van der Waals surface area contributed by atoms with E-state index < -0.39 is 0 Å². The minimum Gasteiger partial charge on any atom is -0.347 e. The van der Waals surface area contributed by atoms with Gasteiger partial charge in [0.15, 0.2) is 0 Å². The van der Waals surface area contributed by atoms with Crippen molar-refractivity contribution in [3.8, 4) is 0 Å². The molecular weight excluding hydrogens is 292 g/mol. The molecule has 3 aromatic rings. The van der Waals surface area contributed by atoms with Gasteiger partial charge < -0.3 is 9.88 Å². The fourth-order valence-corrected chi connectivity index (χ4v) is 3.30. The SMILES string of the molecule is CCCn1cc(CN[C@@H](C)CCc2ccccc2)c2ccccc21. The van der Waals surface area contributed by atoms with Crippen molar-refractivity contribution in [3.63, 3.8) is 0 Å². The van der Waals surface area contributed by atoms with Crippen molar-refractivity contribution in [3.05, 3.63) is 71.9 Å². The maximum atomic E-state index is 3.70. The molecule has 0 aliphatic heterocycles. The summed E-state index contributed by atoms with van der Waals surface area (Å²) in [6.07, 6.45) is 5.79. The third-order valence-electron chi connectivity index (χ3n) is 4.69. The molecule has 0 bridgehead atoms. The van der Waals surface area contributed by atoms with Crippen LogP contribution in [-0.4, -0.2) is 10.6 Å². The second-order valence-corrected chi connectivity index (χ2v) is 6.67. The van der Waals surface area contributed by atoms with Crippen LogP contribution in [0.1, 0.15) is 37.8 Å². The predicted octanol–water partition coefficient (Wildman–Crippen LogP) is 5.16. The third kappa shape index (κ3) is 4.07. The lowest BCUT2D eigenvalue weighted by atomic mass is 10.1. The van der Waals surface area contributed by atoms with Crippen LogP contribution in [0, 0.1) is 0 Å². The van der Waals surface area contributed by atoms with E-state index in [4.69, 9.17) is 0 Å². The Labute approximate surface area is 145 Å². The lowest BCUT2D eigenvalue weighted by molar-refractivity contribution is 0.514. The third-order valence-corrected chi connectivity index (χ3v) is 4.69. The molecule has 0 aliphatic rings. The van der Waals surface area contributed by atoms with Crippen molar-refractivity contribution in [2.24, 2.45) is 0 Å². The summed E-state index contributed by atoms with van der Waals surface area (Å²) < 4.78 is 2.39. The van der Waals surface area contributed by atoms with Gasteiger partial charge >= 0.3 is 0 Å². The highest BCUT2D eigenvalue weighted by Crippen LogP contribution is 2.21. The first-order valence-electron chi connectivity index (χ1n) is 9.12. The van der Waals surface area contributed by atoms with E-state index in [1.807, 2.05) is 0 Å². The number of fused-ring (bicyclic) bond motifs is 1. The molecule has 0 saturated carbocycles. The molecule has 0 spiro atoms. The van der Waals surface area contributed by atoms with Crippen molar-refractivity contribution in [2.75, 3.05) is 0 Å². The summed E-state index contributed by atoms with van der Waals surface area (Å²) in [7, 11) is 0. The second-order valence-electron chi connectivity index (χ2n) is 6.67. The van der Waals surface area contributed by atoms with Gasteiger partial charge in [0.05, 0.1) is 0 Å². The maximum Gasteiger partial charge on any atom is 0.0483 e. The minimum atomic E-state index is 0.512. The first kappa shape index (κ1) is 16.8. The molecule has 3 rings (SSSR count). The normalized spacial score (nSPS) is 12.6. The van der Waals surface area contributed by atoms with Crippen LogP contribution in [0.2, 0.25) is 0 Å². The highest BCUT2D eigenvalue weighted by molar-refractivity contribution is 5.83. The Balaban J connectivity index is 1.61. The summed E-state index contributed by atoms with van der Waals surface area (Å²) >= 11 is 0. The van der Waals surface area contributed by atoms with Gasteiger partial charge in [-0.2, -0.15) is 0 Å². The average molecular weight is 320 g/mol. The number of benzene rings is 2. The van der Waals surface area contributed by atoms with E-state index in [1.54, 1.807) is 0 Å². The Kier molecular flexibility index (Phi) is 5.71. The van der Waals surface area contributed by atoms with E-state index in [0.717, 1.165) is 25.9 Å². The fourth-order valence-electron chi connectivity index (χ4n) is 3.30. The van der Waals surface area contributed by atoms with E-state index in [9.17, 15) is 0 Å². The Morgan fingerprint density at radius 1 is 1.00 bits per heavy atom. The molecule has 0 radical (unpaired) electrons. The molecule has 1 heterocycles. The summed E-state index contributed by atoms with van der Waals surface area (Å²) in [6, 6.07) is 20.0. The van der Waals surface area contributed by atoms with E-state index in [0.29, 0.717) is 6.04 Å². The first-order valence-corrected chi connectivity index (χ1v) is 9.12. The summed E-state index contributed by atoms with van der Waals surface area (Å²) in [5.74, 6) is 0. The zero-order valence-corrected chi connectivity index (χ0v) is 14.8. The van der Waals surface area contributed by atoms with Crippen molar-refractivity contribution in [2.45, 2.75) is 52.2 Å². The topological polar surface area (TPSA) is 17.0 Å². The van der Waals surface area contributed by atoms with Crippen molar-refractivity contribution in [1.82, 2.24) is 9.88 Å². The monoisotopic (exact) mass is 320 g/mol. The van der Waals surface area contributed by atoms with Gasteiger partial charge in [0, 0.05) is 36.2 Å². The lowest BCUT2D eigenvalue weighted by Crippen LogP contribution is -2.25. The number of rotatable bonds is 8. The largest absolute Gasteiger partial charge is 0.347 e. The van der Waals surface area contributed by atoms with Crippen LogP contribution in [-0.2, 0) is 19.5 Å². The number of nitrogens with zero attached hydrogens (tertiary/aromatic N) is 1. The molecule has 2 heteroatoms. The maximum absolute atomic E-state index is 3.70. The van der Waals surface area contributed by atoms with E-state index in [-0.39, 0.29) is 0 Å². The highest BCUT2D eigenvalue weighted by atomic mass is 15.0. The molecular formula is C22H28N2. The Bertz CT molecular complexity index is 758. The van der Waals surface area contributed by atoms with Crippen LogP contribution in [0.15, 0.2) is 60.8 Å². The molecule has 2 nitrogen and oxygen atoms in total. The molecule has 0 amide bonds. The summed E-state index contributed by atoms with van der Waals surface area (Å²) in [6.45, 7) is 6.55. The van der Waals surface area contributed by atoms with Crippen LogP contribution >= 0.6 is 0 Å². The Hall–Kier alpha value is -2.06. The quantitative estimate of drug-likeness (QED) is 0.606. The van der Waals surface area contributed by atoms with Gasteiger partial charge in [0.1, 0.15) is 0 Å². The number of aryl methyl sites for hydroxylation is 2. The van der Waals surface area contributed by atoms with Crippen LogP contribution < -0.4 is 5.32 Å². The molecule has 24 heavy (non-hydrogen) atoms. The van der Waals surface area contributed by atoms with Crippen LogP contribution in [0.25, 0.3) is 10.9 Å². The van der Waals surface area contributed by atoms with Gasteiger partial charge in [0.2, 0.25) is 0 Å². The number of para-hydroxylation sites is 1. The number of hydrogen-bond donors (Lipinski definition) is 1. The van der Waals surface area contributed by atoms with Gasteiger partial charge in [0.25, 0.3) is 0 Å². The van der Waals surface area contributed by atoms with E-state index in [1.165, 1.54) is 28.5 Å². The van der Waals surface area contributed by atoms with Crippen molar-refractivity contribution >= 4 is 10.9 Å². The van der Waals surface area contributed by atoms with Crippen LogP contribution in [0.3, 0.4) is 0 Å². The smallest absolute Gasteiger partial charge is 0.0483 e. The molecule has 1 aromatic heterocycles. The Morgan fingerprint density at radius 3 is 2.54 bits per heavy atom. The van der Waals surface area contributed by atoms with Gasteiger partial charge in [-0.3, -0.25) is 0 Å². The van der Waals surface area contributed by atoms with Gasteiger partial charge in [-0.1, -0.05) is 55.5 Å². The van der Waals surface area contributed by atoms with Crippen molar-refractivity contribution < 1.29 is 0 Å². The van der Waals surface area contributed by atoms with E-state index >= 15 is 0 Å². The molecule has 1 N–H and O–H groups in total. The van der Waals surface area contributed by atoms with Gasteiger partial charge in [-0.25, -0.2) is 0 Å². The molecule has 0 unspecified atom stereocenters. The first-order chi connectivity index (χ1) is 11.8. The van der Waals surface area contributed by atoms with Gasteiger partial charge in [-0.05, 0) is 43.4 Å². The number of hydrogen-bond acceptors (Lipinski definition) is 1. The number of nitrogens with one attached hydrogen (secondary N) is 1. The van der Waals surface area contributed by atoms with Crippen molar-refractivity contribution in [1.29, 1.82) is 0 Å². The molecule has 1 atom stereocenters. The number of aromatic nitrogens is 1. The predicted molar refractivity (Wildman–Crippen MR) is 103 cm³/mol. The molecule has 0 fully saturated rings. The molecule has 0 saturated heterocycles. The summed E-state index contributed by atoms with van der Waals surface area (Å²) in [5, 5.41) is 5.09.